The minimum Gasteiger partial charge on any atom is -0.455 e. The Morgan fingerprint density at radius 2 is 1.60 bits per heavy atom. The van der Waals surface area contributed by atoms with E-state index in [2.05, 4.69) is 33.8 Å². The number of rotatable bonds is 13. The molecule has 1 N–H and O–H groups in total. The van der Waals surface area contributed by atoms with Gasteiger partial charge in [-0.3, -0.25) is 9.59 Å². The summed E-state index contributed by atoms with van der Waals surface area (Å²) in [7, 11) is 0. The van der Waals surface area contributed by atoms with E-state index >= 15 is 0 Å². The summed E-state index contributed by atoms with van der Waals surface area (Å²) in [5, 5.41) is 13.1. The molecule has 0 amide bonds. The van der Waals surface area contributed by atoms with E-state index in [9.17, 15) is 14.7 Å². The molecule has 1 heterocycles. The van der Waals surface area contributed by atoms with Crippen LogP contribution in [0, 0.1) is 34.5 Å². The Hall–Kier alpha value is -1.50. The number of esters is 1. The number of aliphatic hydroxyl groups is 1. The number of hydrogen-bond acceptors (Lipinski definition) is 6. The first-order valence-electron chi connectivity index (χ1n) is 17.5. The fourth-order valence-electron chi connectivity index (χ4n) is 9.42. The molecule has 0 unspecified atom stereocenters. The van der Waals surface area contributed by atoms with Crippen LogP contribution in [0.3, 0.4) is 0 Å². The molecule has 2 bridgehead atoms. The van der Waals surface area contributed by atoms with Gasteiger partial charge in [-0.15, -0.1) is 0 Å². The molecular weight excluding hydrogens is 540 g/mol. The molecule has 43 heavy (non-hydrogen) atoms. The van der Waals surface area contributed by atoms with Crippen LogP contribution >= 0.6 is 0 Å². The number of unbranched alkanes of at least 4 members (excludes halogenated alkanes) is 10. The van der Waals surface area contributed by atoms with Crippen LogP contribution < -0.4 is 0 Å². The molecule has 6 nitrogen and oxygen atoms in total. The van der Waals surface area contributed by atoms with Crippen LogP contribution in [0.1, 0.15) is 132 Å². The summed E-state index contributed by atoms with van der Waals surface area (Å²) >= 11 is 0. The minimum atomic E-state index is -1.73. The largest absolute Gasteiger partial charge is 0.455 e. The summed E-state index contributed by atoms with van der Waals surface area (Å²) in [5.41, 5.74) is -1.31. The van der Waals surface area contributed by atoms with Crippen LogP contribution in [-0.2, 0) is 23.8 Å². The molecule has 0 radical (unpaired) electrons. The molecule has 6 heteroatoms. The Balaban J connectivity index is 1.29. The molecule has 1 saturated heterocycles. The van der Waals surface area contributed by atoms with Crippen molar-refractivity contribution in [1.29, 1.82) is 0 Å². The van der Waals surface area contributed by atoms with E-state index in [1.54, 1.807) is 0 Å². The van der Waals surface area contributed by atoms with Crippen molar-refractivity contribution in [1.82, 2.24) is 0 Å². The lowest BCUT2D eigenvalue weighted by molar-refractivity contribution is -0.304. The molecule has 242 valence electrons. The smallest absolute Gasteiger partial charge is 0.306 e. The number of Topliss-reactive ketones (excluding diaryl/α,β-unsaturated/α-hetero) is 1. The van der Waals surface area contributed by atoms with Crippen molar-refractivity contribution < 1.29 is 28.9 Å². The average Bonchev–Trinajstić information content (AvgIpc) is 3.44. The van der Waals surface area contributed by atoms with E-state index in [0.717, 1.165) is 36.8 Å². The van der Waals surface area contributed by atoms with Crippen LogP contribution in [0.5, 0.6) is 0 Å². The van der Waals surface area contributed by atoms with E-state index in [4.69, 9.17) is 14.2 Å². The summed E-state index contributed by atoms with van der Waals surface area (Å²) in [6.07, 6.45) is 16.8. The van der Waals surface area contributed by atoms with Crippen LogP contribution in [0.4, 0.5) is 0 Å². The molecule has 2 saturated carbocycles. The number of ketones is 1. The van der Waals surface area contributed by atoms with Crippen LogP contribution in [0.25, 0.3) is 0 Å². The Bertz CT molecular complexity index is 1120. The van der Waals surface area contributed by atoms with Crippen molar-refractivity contribution in [3.8, 4) is 0 Å². The molecule has 5 rings (SSSR count). The minimum absolute atomic E-state index is 0.0483. The van der Waals surface area contributed by atoms with E-state index in [1.165, 1.54) is 51.4 Å². The van der Waals surface area contributed by atoms with Crippen molar-refractivity contribution in [3.05, 3.63) is 23.3 Å². The summed E-state index contributed by atoms with van der Waals surface area (Å²) < 4.78 is 18.8. The molecule has 0 aromatic carbocycles. The van der Waals surface area contributed by atoms with Gasteiger partial charge in [0.1, 0.15) is 6.10 Å². The Kier molecular flexibility index (Phi) is 9.45. The van der Waals surface area contributed by atoms with E-state index in [-0.39, 0.29) is 41.5 Å². The van der Waals surface area contributed by atoms with Gasteiger partial charge in [-0.1, -0.05) is 104 Å². The van der Waals surface area contributed by atoms with Crippen molar-refractivity contribution in [3.63, 3.8) is 0 Å². The van der Waals surface area contributed by atoms with Crippen molar-refractivity contribution in [2.45, 2.75) is 156 Å². The molecule has 1 spiro atoms. The lowest BCUT2D eigenvalue weighted by atomic mass is 9.59. The maximum atomic E-state index is 14.8. The average molecular weight is 599 g/mol. The summed E-state index contributed by atoms with van der Waals surface area (Å²) in [6, 6.07) is 0. The highest BCUT2D eigenvalue weighted by Crippen LogP contribution is 2.72. The third kappa shape index (κ3) is 5.71. The monoisotopic (exact) mass is 598 g/mol. The first-order chi connectivity index (χ1) is 20.3. The number of ether oxygens (including phenoxy) is 3. The van der Waals surface area contributed by atoms with Crippen molar-refractivity contribution >= 4 is 11.8 Å². The molecule has 8 atom stereocenters. The maximum absolute atomic E-state index is 14.8. The molecule has 1 aliphatic heterocycles. The first kappa shape index (κ1) is 32.9. The predicted molar refractivity (Wildman–Crippen MR) is 168 cm³/mol. The van der Waals surface area contributed by atoms with Crippen LogP contribution in [-0.4, -0.2) is 47.1 Å². The number of fused-ring (bicyclic) bond motifs is 5. The number of carbonyl (C=O) groups excluding carboxylic acids is 2. The van der Waals surface area contributed by atoms with Gasteiger partial charge in [0, 0.05) is 12.3 Å². The van der Waals surface area contributed by atoms with Gasteiger partial charge in [0.2, 0.25) is 0 Å². The Labute approximate surface area is 260 Å². The van der Waals surface area contributed by atoms with Gasteiger partial charge in [-0.25, -0.2) is 0 Å². The molecular formula is C37H58O6. The summed E-state index contributed by atoms with van der Waals surface area (Å²) in [4.78, 5) is 28.1. The highest BCUT2D eigenvalue weighted by Gasteiger charge is 2.77. The summed E-state index contributed by atoms with van der Waals surface area (Å²) in [6.45, 7) is 14.8. The predicted octanol–water partition coefficient (Wildman–Crippen LogP) is 7.87. The lowest BCUT2D eigenvalue weighted by Gasteiger charge is -2.52. The second-order valence-corrected chi connectivity index (χ2v) is 15.6. The molecule has 4 aliphatic carbocycles. The third-order valence-corrected chi connectivity index (χ3v) is 11.9. The Morgan fingerprint density at radius 3 is 2.23 bits per heavy atom. The van der Waals surface area contributed by atoms with E-state index < -0.39 is 29.0 Å². The molecule has 3 fully saturated rings. The number of carbonyl (C=O) groups is 2. The van der Waals surface area contributed by atoms with Crippen LogP contribution in [0.15, 0.2) is 23.3 Å². The maximum Gasteiger partial charge on any atom is 0.306 e. The topological polar surface area (TPSA) is 82.1 Å². The standard InChI is InChI=1S/C37H58O6/c1-8-9-10-11-12-13-14-15-16-17-18-19-29(38)42-32-24(2)22-36-25(3)20-28-30(34(28,4)5)27(31(36)39)21-26-23-41-35(6,7)43-33(26)37(32,36)40/h21-22,25,27-28,30,32-33,40H,8-20,23H2,1-7H3/t25-,27+,28-,30+,32+,33-,36+,37-/m1/s1. The van der Waals surface area contributed by atoms with Gasteiger partial charge >= 0.3 is 5.97 Å². The van der Waals surface area contributed by atoms with Gasteiger partial charge in [-0.2, -0.15) is 0 Å². The van der Waals surface area contributed by atoms with Gasteiger partial charge in [0.05, 0.1) is 12.0 Å². The zero-order chi connectivity index (χ0) is 31.2. The van der Waals surface area contributed by atoms with Crippen molar-refractivity contribution in [2.24, 2.45) is 34.5 Å². The zero-order valence-electron chi connectivity index (χ0n) is 28.0. The van der Waals surface area contributed by atoms with Gasteiger partial charge in [-0.05, 0) is 67.9 Å². The third-order valence-electron chi connectivity index (χ3n) is 11.9. The second kappa shape index (κ2) is 12.4. The quantitative estimate of drug-likeness (QED) is 0.132. The fraction of sp³-hybridized carbons (Fsp3) is 0.838. The van der Waals surface area contributed by atoms with Gasteiger partial charge in [0.15, 0.2) is 23.3 Å². The molecule has 0 aromatic rings. The lowest BCUT2D eigenvalue weighted by Crippen LogP contribution is -2.68. The highest BCUT2D eigenvalue weighted by atomic mass is 16.7. The zero-order valence-corrected chi connectivity index (χ0v) is 28.0. The molecule has 0 aromatic heterocycles. The van der Waals surface area contributed by atoms with E-state index in [0.29, 0.717) is 12.3 Å². The number of hydrogen-bond donors (Lipinski definition) is 1. The SMILES string of the molecule is CCCCCCCCCCCCCC(=O)O[C@H]1C(C)=C[C@]23C(=O)[C@@H](C=C4COC(C)(C)O[C@H]4[C@]12O)[C@H]1[C@@H](C[C@H]3C)C1(C)C. The summed E-state index contributed by atoms with van der Waals surface area (Å²) in [5.74, 6) is -1.02. The molecule has 5 aliphatic rings. The second-order valence-electron chi connectivity index (χ2n) is 15.6. The van der Waals surface area contributed by atoms with Gasteiger partial charge in [0.25, 0.3) is 0 Å². The van der Waals surface area contributed by atoms with Crippen molar-refractivity contribution in [2.75, 3.05) is 6.61 Å². The Morgan fingerprint density at radius 1 is 1.00 bits per heavy atom. The fourth-order valence-corrected chi connectivity index (χ4v) is 9.42. The van der Waals surface area contributed by atoms with Gasteiger partial charge < -0.3 is 19.3 Å². The first-order valence-corrected chi connectivity index (χ1v) is 17.5. The highest BCUT2D eigenvalue weighted by molar-refractivity contribution is 5.95. The van der Waals surface area contributed by atoms with Crippen LogP contribution in [0.2, 0.25) is 0 Å². The number of allylic oxidation sites excluding steroid dienone is 1. The normalized spacial score (nSPS) is 38.6. The van der Waals surface area contributed by atoms with E-state index in [1.807, 2.05) is 26.8 Å².